The fourth-order valence-corrected chi connectivity index (χ4v) is 2.77. The molecule has 0 aliphatic rings. The lowest BCUT2D eigenvalue weighted by molar-refractivity contribution is 0.471. The highest BCUT2D eigenvalue weighted by Gasteiger charge is 2.13. The second-order valence-electron chi connectivity index (χ2n) is 4.41. The van der Waals surface area contributed by atoms with Crippen LogP contribution in [0, 0.1) is 5.82 Å². The normalized spacial score (nSPS) is 12.2. The van der Waals surface area contributed by atoms with Gasteiger partial charge < -0.3 is 5.11 Å². The maximum Gasteiger partial charge on any atom is 0.276 e. The van der Waals surface area contributed by atoms with Crippen LogP contribution in [-0.4, -0.2) is 19.2 Å². The van der Waals surface area contributed by atoms with Gasteiger partial charge in [0.05, 0.1) is 10.6 Å². The van der Waals surface area contributed by atoms with E-state index < -0.39 is 15.8 Å². The van der Waals surface area contributed by atoms with Crippen molar-refractivity contribution < 1.29 is 17.9 Å². The Morgan fingerprint density at radius 1 is 1.23 bits per heavy atom. The van der Waals surface area contributed by atoms with Crippen molar-refractivity contribution in [2.24, 2.45) is 5.10 Å². The zero-order valence-electron chi connectivity index (χ0n) is 11.4. The van der Waals surface area contributed by atoms with Gasteiger partial charge in [0, 0.05) is 10.0 Å². The summed E-state index contributed by atoms with van der Waals surface area (Å²) in [4.78, 5) is 2.09. The number of benzene rings is 2. The minimum absolute atomic E-state index is 0.0377. The summed E-state index contributed by atoms with van der Waals surface area (Å²) in [5, 5.41) is 13.4. The Hall–Kier alpha value is -1.93. The third-order valence-electron chi connectivity index (χ3n) is 2.81. The van der Waals surface area contributed by atoms with Crippen LogP contribution in [0.15, 0.2) is 56.9 Å². The van der Waals surface area contributed by atoms with Gasteiger partial charge in [0.1, 0.15) is 11.6 Å². The molecule has 0 atom stereocenters. The molecule has 0 aliphatic heterocycles. The summed E-state index contributed by atoms with van der Waals surface area (Å²) >= 11 is 3.21. The predicted octanol–water partition coefficient (Wildman–Crippen LogP) is 3.00. The van der Waals surface area contributed by atoms with Gasteiger partial charge in [-0.15, -0.1) is 0 Å². The summed E-state index contributed by atoms with van der Waals surface area (Å²) in [6.07, 6.45) is 0. The molecule has 0 aliphatic carbocycles. The molecule has 0 aromatic heterocycles. The Morgan fingerprint density at radius 3 is 2.50 bits per heavy atom. The molecular formula is C14H12BrFN2O3S. The molecule has 5 nitrogen and oxygen atoms in total. The Balaban J connectivity index is 2.26. The van der Waals surface area contributed by atoms with Crippen LogP contribution < -0.4 is 4.83 Å². The lowest BCUT2D eigenvalue weighted by Gasteiger charge is -2.07. The minimum Gasteiger partial charge on any atom is -0.507 e. The lowest BCUT2D eigenvalue weighted by atomic mass is 10.1. The van der Waals surface area contributed by atoms with Crippen LogP contribution in [0.5, 0.6) is 5.75 Å². The van der Waals surface area contributed by atoms with E-state index in [-0.39, 0.29) is 21.9 Å². The number of hydrogen-bond acceptors (Lipinski definition) is 4. The van der Waals surface area contributed by atoms with Gasteiger partial charge in [0.15, 0.2) is 0 Å². The molecule has 0 bridgehead atoms. The van der Waals surface area contributed by atoms with E-state index in [4.69, 9.17) is 0 Å². The number of phenolic OH excluding ortho intramolecular Hbond substituents is 1. The first-order chi connectivity index (χ1) is 10.3. The largest absolute Gasteiger partial charge is 0.507 e. The summed E-state index contributed by atoms with van der Waals surface area (Å²) < 4.78 is 38.0. The zero-order valence-corrected chi connectivity index (χ0v) is 13.8. The van der Waals surface area contributed by atoms with Crippen molar-refractivity contribution >= 4 is 31.7 Å². The van der Waals surface area contributed by atoms with Gasteiger partial charge in [-0.05, 0) is 49.4 Å². The molecule has 0 fully saturated rings. The topological polar surface area (TPSA) is 78.8 Å². The van der Waals surface area contributed by atoms with Crippen LogP contribution in [0.4, 0.5) is 4.39 Å². The van der Waals surface area contributed by atoms with Crippen LogP contribution >= 0.6 is 15.9 Å². The molecule has 0 heterocycles. The molecule has 22 heavy (non-hydrogen) atoms. The molecule has 2 rings (SSSR count). The molecule has 2 N–H and O–H groups in total. The van der Waals surface area contributed by atoms with Gasteiger partial charge in [0.2, 0.25) is 0 Å². The van der Waals surface area contributed by atoms with Gasteiger partial charge in [-0.25, -0.2) is 4.39 Å². The first-order valence-corrected chi connectivity index (χ1v) is 8.38. The van der Waals surface area contributed by atoms with Crippen molar-refractivity contribution in [3.05, 3.63) is 58.3 Å². The number of aromatic hydroxyl groups is 1. The third-order valence-corrected chi connectivity index (χ3v) is 4.56. The molecule has 0 unspecified atom stereocenters. The highest BCUT2D eigenvalue weighted by Crippen LogP contribution is 2.19. The van der Waals surface area contributed by atoms with Crippen molar-refractivity contribution in [2.75, 3.05) is 0 Å². The quantitative estimate of drug-likeness (QED) is 0.626. The van der Waals surface area contributed by atoms with Crippen molar-refractivity contribution in [1.29, 1.82) is 0 Å². The Kier molecular flexibility index (Phi) is 4.82. The van der Waals surface area contributed by atoms with Crippen molar-refractivity contribution in [2.45, 2.75) is 11.8 Å². The summed E-state index contributed by atoms with van der Waals surface area (Å²) in [5.74, 6) is -0.747. The number of nitrogens with zero attached hydrogens (tertiary/aromatic N) is 1. The van der Waals surface area contributed by atoms with Crippen molar-refractivity contribution in [1.82, 2.24) is 4.83 Å². The van der Waals surface area contributed by atoms with E-state index in [1.54, 1.807) is 12.1 Å². The third kappa shape index (κ3) is 3.83. The number of nitrogens with one attached hydrogen (secondary N) is 1. The van der Waals surface area contributed by atoms with E-state index in [0.29, 0.717) is 0 Å². The lowest BCUT2D eigenvalue weighted by Crippen LogP contribution is -2.20. The Morgan fingerprint density at radius 2 is 1.86 bits per heavy atom. The average molecular weight is 387 g/mol. The standard InChI is InChI=1S/C14H12BrFN2O3S/c1-9(13-8-11(16)4-7-14(13)19)17-18-22(20,21)12-5-2-10(15)3-6-12/h2-8,18-19H,1H3/b17-9+. The molecule has 0 saturated carbocycles. The van der Waals surface area contributed by atoms with Gasteiger partial charge in [-0.2, -0.15) is 18.4 Å². The van der Waals surface area contributed by atoms with Crippen molar-refractivity contribution in [3.63, 3.8) is 0 Å². The predicted molar refractivity (Wildman–Crippen MR) is 84.7 cm³/mol. The molecule has 2 aromatic rings. The zero-order chi connectivity index (χ0) is 16.3. The van der Waals surface area contributed by atoms with Crippen LogP contribution in [0.1, 0.15) is 12.5 Å². The van der Waals surface area contributed by atoms with E-state index in [1.807, 2.05) is 0 Å². The Bertz CT molecular complexity index is 820. The highest BCUT2D eigenvalue weighted by molar-refractivity contribution is 9.10. The second-order valence-corrected chi connectivity index (χ2v) is 6.98. The van der Waals surface area contributed by atoms with E-state index in [1.165, 1.54) is 25.1 Å². The maximum atomic E-state index is 13.2. The molecule has 0 amide bonds. The summed E-state index contributed by atoms with van der Waals surface area (Å²) in [5.41, 5.74) is 0.246. The number of halogens is 2. The fraction of sp³-hybridized carbons (Fsp3) is 0.0714. The molecular weight excluding hydrogens is 375 g/mol. The van der Waals surface area contributed by atoms with E-state index >= 15 is 0 Å². The van der Waals surface area contributed by atoms with E-state index in [2.05, 4.69) is 25.9 Å². The SMILES string of the molecule is C/C(=N\NS(=O)(=O)c1ccc(Br)cc1)c1cc(F)ccc1O. The van der Waals surface area contributed by atoms with E-state index in [0.717, 1.165) is 16.6 Å². The van der Waals surface area contributed by atoms with Crippen LogP contribution in [-0.2, 0) is 10.0 Å². The molecule has 0 saturated heterocycles. The number of hydrazone groups is 1. The molecule has 116 valence electrons. The fourth-order valence-electron chi connectivity index (χ4n) is 1.65. The number of phenols is 1. The van der Waals surface area contributed by atoms with Crippen LogP contribution in [0.25, 0.3) is 0 Å². The van der Waals surface area contributed by atoms with Gasteiger partial charge in [-0.1, -0.05) is 15.9 Å². The smallest absolute Gasteiger partial charge is 0.276 e. The molecule has 2 aromatic carbocycles. The first-order valence-electron chi connectivity index (χ1n) is 6.10. The second kappa shape index (κ2) is 6.45. The number of hydrogen-bond donors (Lipinski definition) is 2. The van der Waals surface area contributed by atoms with Gasteiger partial charge in [0.25, 0.3) is 10.0 Å². The summed E-state index contributed by atoms with van der Waals surface area (Å²) in [7, 11) is -3.84. The molecule has 0 radical (unpaired) electrons. The van der Waals surface area contributed by atoms with Crippen LogP contribution in [0.3, 0.4) is 0 Å². The van der Waals surface area contributed by atoms with Crippen LogP contribution in [0.2, 0.25) is 0 Å². The summed E-state index contributed by atoms with van der Waals surface area (Å²) in [6.45, 7) is 1.46. The maximum absolute atomic E-state index is 13.2. The Labute approximate surface area is 135 Å². The highest BCUT2D eigenvalue weighted by atomic mass is 79.9. The minimum atomic E-state index is -3.84. The number of sulfonamides is 1. The average Bonchev–Trinajstić information content (AvgIpc) is 2.48. The number of rotatable bonds is 4. The summed E-state index contributed by atoms with van der Waals surface area (Å²) in [6, 6.07) is 9.34. The van der Waals surface area contributed by atoms with Gasteiger partial charge in [-0.3, -0.25) is 0 Å². The van der Waals surface area contributed by atoms with E-state index in [9.17, 15) is 17.9 Å². The van der Waals surface area contributed by atoms with Crippen molar-refractivity contribution in [3.8, 4) is 5.75 Å². The molecule has 0 spiro atoms. The molecule has 8 heteroatoms. The monoisotopic (exact) mass is 386 g/mol. The van der Waals surface area contributed by atoms with Gasteiger partial charge >= 0.3 is 0 Å². The first kappa shape index (κ1) is 16.4.